The minimum Gasteiger partial charge on any atom is -0.480 e. The Bertz CT molecular complexity index is 218. The Labute approximate surface area is 89.9 Å². The smallest absolute Gasteiger partial charge is 0.320 e. The Morgan fingerprint density at radius 3 is 2.71 bits per heavy atom. The van der Waals surface area contributed by atoms with E-state index in [9.17, 15) is 4.79 Å². The zero-order valence-electron chi connectivity index (χ0n) is 9.12. The number of hydrogen-bond acceptors (Lipinski definition) is 3. The van der Waals surface area contributed by atoms with Crippen LogP contribution < -0.4 is 0 Å². The van der Waals surface area contributed by atoms with E-state index in [2.05, 4.69) is 18.7 Å². The summed E-state index contributed by atoms with van der Waals surface area (Å²) in [7, 11) is 0. The molecule has 1 N–H and O–H groups in total. The van der Waals surface area contributed by atoms with E-state index in [1.54, 1.807) is 6.92 Å². The molecule has 1 saturated heterocycles. The minimum absolute atomic E-state index is 0.299. The first kappa shape index (κ1) is 11.9. The normalized spacial score (nSPS) is 25.4. The highest BCUT2D eigenvalue weighted by Gasteiger charge is 2.27. The number of carboxylic acids is 1. The summed E-state index contributed by atoms with van der Waals surface area (Å²) in [4.78, 5) is 12.9. The number of hydrogen-bond donors (Lipinski definition) is 1. The highest BCUT2D eigenvalue weighted by atomic mass is 32.2. The summed E-state index contributed by atoms with van der Waals surface area (Å²) in [5.74, 6) is 0.319. The van der Waals surface area contributed by atoms with Crippen LogP contribution in [0.25, 0.3) is 0 Å². The van der Waals surface area contributed by atoms with Crippen molar-refractivity contribution in [2.24, 2.45) is 0 Å². The summed E-state index contributed by atoms with van der Waals surface area (Å²) in [5, 5.41) is 8.91. The molecule has 82 valence electrons. The molecule has 0 spiro atoms. The average molecular weight is 217 g/mol. The van der Waals surface area contributed by atoms with Crippen LogP contribution in [-0.4, -0.2) is 45.6 Å². The Kier molecular flexibility index (Phi) is 3.84. The largest absolute Gasteiger partial charge is 0.480 e. The van der Waals surface area contributed by atoms with E-state index >= 15 is 0 Å². The molecule has 1 rings (SSSR count). The summed E-state index contributed by atoms with van der Waals surface area (Å²) >= 11 is 1.94. The summed E-state index contributed by atoms with van der Waals surface area (Å²) in [5.41, 5.74) is 0. The molecule has 1 unspecified atom stereocenters. The first-order chi connectivity index (χ1) is 6.42. The first-order valence-corrected chi connectivity index (χ1v) is 6.02. The van der Waals surface area contributed by atoms with Crippen LogP contribution in [0.5, 0.6) is 0 Å². The van der Waals surface area contributed by atoms with Crippen molar-refractivity contribution in [2.75, 3.05) is 18.8 Å². The van der Waals surface area contributed by atoms with E-state index < -0.39 is 5.97 Å². The van der Waals surface area contributed by atoms with Gasteiger partial charge in [0.15, 0.2) is 0 Å². The highest BCUT2D eigenvalue weighted by molar-refractivity contribution is 8.00. The van der Waals surface area contributed by atoms with Gasteiger partial charge in [0.2, 0.25) is 0 Å². The SMILES string of the molecule is CC(C(=O)O)N1CCSC(C)(C)CC1. The van der Waals surface area contributed by atoms with Crippen LogP contribution in [0.15, 0.2) is 0 Å². The van der Waals surface area contributed by atoms with Gasteiger partial charge in [0, 0.05) is 23.6 Å². The topological polar surface area (TPSA) is 40.5 Å². The van der Waals surface area contributed by atoms with Gasteiger partial charge in [0.05, 0.1) is 0 Å². The Hall–Kier alpha value is -0.220. The molecule has 3 nitrogen and oxygen atoms in total. The molecule has 0 aromatic rings. The molecule has 1 atom stereocenters. The monoisotopic (exact) mass is 217 g/mol. The van der Waals surface area contributed by atoms with Crippen LogP contribution in [0, 0.1) is 0 Å². The van der Waals surface area contributed by atoms with Gasteiger partial charge in [0.1, 0.15) is 6.04 Å². The lowest BCUT2D eigenvalue weighted by Gasteiger charge is -2.25. The standard InChI is InChI=1S/C10H19NO2S/c1-8(9(12)13)11-5-4-10(2,3)14-7-6-11/h8H,4-7H2,1-3H3,(H,12,13). The van der Waals surface area contributed by atoms with Crippen LogP contribution in [-0.2, 0) is 4.79 Å². The molecular formula is C10H19NO2S. The number of carboxylic acid groups (broad SMARTS) is 1. The van der Waals surface area contributed by atoms with Crippen molar-refractivity contribution >= 4 is 17.7 Å². The molecule has 14 heavy (non-hydrogen) atoms. The Morgan fingerprint density at radius 1 is 1.50 bits per heavy atom. The van der Waals surface area contributed by atoms with Gasteiger partial charge in [-0.05, 0) is 13.3 Å². The molecule has 0 amide bonds. The molecule has 0 aliphatic carbocycles. The second-order valence-corrected chi connectivity index (χ2v) is 6.21. The molecular weight excluding hydrogens is 198 g/mol. The van der Waals surface area contributed by atoms with Crippen molar-refractivity contribution in [1.29, 1.82) is 0 Å². The van der Waals surface area contributed by atoms with E-state index in [0.717, 1.165) is 25.3 Å². The third-order valence-electron chi connectivity index (χ3n) is 2.78. The number of thioether (sulfide) groups is 1. The van der Waals surface area contributed by atoms with Gasteiger partial charge < -0.3 is 5.11 Å². The molecule has 4 heteroatoms. The van der Waals surface area contributed by atoms with Crippen molar-refractivity contribution in [2.45, 2.75) is 38.0 Å². The van der Waals surface area contributed by atoms with Gasteiger partial charge in [-0.25, -0.2) is 0 Å². The highest BCUT2D eigenvalue weighted by Crippen LogP contribution is 2.31. The fourth-order valence-corrected chi connectivity index (χ4v) is 2.69. The fourth-order valence-electron chi connectivity index (χ4n) is 1.58. The minimum atomic E-state index is -0.713. The molecule has 1 fully saturated rings. The van der Waals surface area contributed by atoms with Gasteiger partial charge in [-0.2, -0.15) is 11.8 Å². The fraction of sp³-hybridized carbons (Fsp3) is 0.900. The van der Waals surface area contributed by atoms with E-state index in [0.29, 0.717) is 4.75 Å². The van der Waals surface area contributed by atoms with Crippen molar-refractivity contribution < 1.29 is 9.90 Å². The zero-order valence-corrected chi connectivity index (χ0v) is 9.93. The molecule has 0 aromatic carbocycles. The molecule has 0 saturated carbocycles. The summed E-state index contributed by atoms with van der Waals surface area (Å²) < 4.78 is 0.299. The van der Waals surface area contributed by atoms with E-state index in [-0.39, 0.29) is 6.04 Å². The second kappa shape index (κ2) is 4.53. The third kappa shape index (κ3) is 3.17. The maximum atomic E-state index is 10.8. The van der Waals surface area contributed by atoms with Crippen molar-refractivity contribution in [1.82, 2.24) is 4.90 Å². The van der Waals surface area contributed by atoms with Gasteiger partial charge in [-0.3, -0.25) is 9.69 Å². The molecule has 1 aliphatic rings. The maximum absolute atomic E-state index is 10.8. The van der Waals surface area contributed by atoms with Gasteiger partial charge in [0.25, 0.3) is 0 Å². The van der Waals surface area contributed by atoms with E-state index in [1.165, 1.54) is 0 Å². The molecule has 0 bridgehead atoms. The molecule has 1 aliphatic heterocycles. The lowest BCUT2D eigenvalue weighted by Crippen LogP contribution is -2.40. The van der Waals surface area contributed by atoms with Crippen molar-refractivity contribution in [3.8, 4) is 0 Å². The first-order valence-electron chi connectivity index (χ1n) is 5.03. The molecule has 0 aromatic heterocycles. The van der Waals surface area contributed by atoms with Crippen LogP contribution in [0.3, 0.4) is 0 Å². The van der Waals surface area contributed by atoms with Gasteiger partial charge in [-0.1, -0.05) is 13.8 Å². The van der Waals surface area contributed by atoms with Crippen LogP contribution in [0.4, 0.5) is 0 Å². The van der Waals surface area contributed by atoms with E-state index in [4.69, 9.17) is 5.11 Å². The van der Waals surface area contributed by atoms with Crippen LogP contribution in [0.1, 0.15) is 27.2 Å². The molecule has 0 radical (unpaired) electrons. The second-order valence-electron chi connectivity index (χ2n) is 4.41. The maximum Gasteiger partial charge on any atom is 0.320 e. The summed E-state index contributed by atoms with van der Waals surface area (Å²) in [6.07, 6.45) is 1.06. The predicted octanol–water partition coefficient (Wildman–Crippen LogP) is 1.68. The number of carbonyl (C=O) groups is 1. The van der Waals surface area contributed by atoms with Crippen LogP contribution in [0.2, 0.25) is 0 Å². The lowest BCUT2D eigenvalue weighted by atomic mass is 10.1. The Morgan fingerprint density at radius 2 is 2.14 bits per heavy atom. The predicted molar refractivity (Wildman–Crippen MR) is 59.8 cm³/mol. The molecule has 1 heterocycles. The lowest BCUT2D eigenvalue weighted by molar-refractivity contribution is -0.142. The van der Waals surface area contributed by atoms with Crippen molar-refractivity contribution in [3.63, 3.8) is 0 Å². The average Bonchev–Trinajstić information content (AvgIpc) is 2.25. The van der Waals surface area contributed by atoms with E-state index in [1.807, 2.05) is 11.8 Å². The number of aliphatic carboxylic acids is 1. The summed E-state index contributed by atoms with van der Waals surface area (Å²) in [6, 6.07) is -0.343. The summed E-state index contributed by atoms with van der Waals surface area (Å²) in [6.45, 7) is 8.01. The van der Waals surface area contributed by atoms with Crippen LogP contribution >= 0.6 is 11.8 Å². The third-order valence-corrected chi connectivity index (χ3v) is 4.15. The van der Waals surface area contributed by atoms with Gasteiger partial charge >= 0.3 is 5.97 Å². The van der Waals surface area contributed by atoms with Gasteiger partial charge in [-0.15, -0.1) is 0 Å². The number of nitrogens with zero attached hydrogens (tertiary/aromatic N) is 1. The zero-order chi connectivity index (χ0) is 10.8. The number of rotatable bonds is 2. The quantitative estimate of drug-likeness (QED) is 0.764. The Balaban J connectivity index is 2.54. The van der Waals surface area contributed by atoms with Crippen molar-refractivity contribution in [3.05, 3.63) is 0 Å².